The molecule has 1 aromatic carbocycles. The molecule has 0 unspecified atom stereocenters. The average molecular weight is 1820 g/mol. The number of pyridine rings is 3. The Hall–Kier alpha value is -9.84. The number of aromatic nitrogens is 18. The Balaban J connectivity index is -0.000000133. The first kappa shape index (κ1) is 145. The van der Waals surface area contributed by atoms with Gasteiger partial charge in [0.1, 0.15) is 37.0 Å². The molecule has 0 bridgehead atoms. The Morgan fingerprint density at radius 1 is 0.152 bits per heavy atom. The maximum atomic E-state index is 4.25. The van der Waals surface area contributed by atoms with Gasteiger partial charge in [0.05, 0.1) is 17.6 Å². The van der Waals surface area contributed by atoms with Crippen molar-refractivity contribution in [2.75, 3.05) is 0 Å². The standard InChI is InChI=1S/C10H14.3C9H13N.6C8H12N2.C7H11N3.11C2H6/c1-10(2,3)9-7-5-4-6-8-9;1-9(2,3)8-4-6-10-7-5-8;1-9(2,3)8-5-4-6-10-7-8;1-9(2,3)8-6-4-5-7-10-8;1-8(2,3)7-4-9-6-10-5-7;1-8(2,3)7-6-9-4-5-10-7;1-8(2,3)7-4-5-9-6-10-7;1-8(2,3)7-4-5-9-10-6-7;1-8(2,3)7-9-5-4-6-10-7;1-8(2,3)7-5-4-6-9-10-7;1-7(2,3)6-9-4-8-5-10-6;11*1-2/h4-8H,1-3H3;3*4-7H,1-3H3;6*4-6H,1-3H3;4-5H,1-3H3;11*1-2H3. The molecule has 0 radical (unpaired) electrons. The van der Waals surface area contributed by atoms with Crippen LogP contribution < -0.4 is 0 Å². The third-order valence-corrected chi connectivity index (χ3v) is 15.4. The van der Waals surface area contributed by atoms with E-state index in [1.54, 1.807) is 74.6 Å². The van der Waals surface area contributed by atoms with Crippen LogP contribution in [0.2, 0.25) is 0 Å². The molecule has 0 saturated carbocycles. The summed E-state index contributed by atoms with van der Waals surface area (Å²) < 4.78 is 0. The fraction of sp³-hybridized carbons (Fsp3) is 0.579. The maximum Gasteiger partial charge on any atom is 0.137 e. The Labute approximate surface area is 815 Å². The quantitative estimate of drug-likeness (QED) is 0.137. The summed E-state index contributed by atoms with van der Waals surface area (Å²) in [6.07, 6.45) is 34.9. The van der Waals surface area contributed by atoms with E-state index in [-0.39, 0.29) is 54.1 Å². The molecular formula is C114H202N18. The molecule has 0 amide bonds. The molecule has 0 saturated heterocycles. The van der Waals surface area contributed by atoms with Crippen LogP contribution in [0.5, 0.6) is 0 Å². The zero-order valence-electron chi connectivity index (χ0n) is 95.4. The van der Waals surface area contributed by atoms with E-state index in [2.05, 4.69) is 373 Å². The van der Waals surface area contributed by atoms with E-state index in [4.69, 9.17) is 0 Å². The molecule has 0 aliphatic carbocycles. The van der Waals surface area contributed by atoms with Crippen LogP contribution in [-0.4, -0.2) is 90.2 Å². The largest absolute Gasteiger partial charge is 0.265 e. The molecular weight excluding hydrogens is 1620 g/mol. The molecule has 11 rings (SSSR count). The summed E-state index contributed by atoms with van der Waals surface area (Å²) in [5.41, 5.74) is 12.5. The van der Waals surface area contributed by atoms with E-state index in [9.17, 15) is 0 Å². The van der Waals surface area contributed by atoms with E-state index < -0.39 is 0 Å². The van der Waals surface area contributed by atoms with Gasteiger partial charge in [-0.15, -0.1) is 0 Å². The van der Waals surface area contributed by atoms with E-state index >= 15 is 0 Å². The lowest BCUT2D eigenvalue weighted by atomic mass is 9.87. The molecule has 0 spiro atoms. The molecule has 0 N–H and O–H groups in total. The van der Waals surface area contributed by atoms with E-state index in [1.807, 2.05) is 238 Å². The number of nitrogens with zero attached hydrogens (tertiary/aromatic N) is 18. The van der Waals surface area contributed by atoms with Gasteiger partial charge < -0.3 is 0 Å². The highest BCUT2D eigenvalue weighted by molar-refractivity contribution is 5.23. The van der Waals surface area contributed by atoms with Gasteiger partial charge in [-0.25, -0.2) is 44.9 Å². The highest BCUT2D eigenvalue weighted by Crippen LogP contribution is 2.26. The summed E-state index contributed by atoms with van der Waals surface area (Å²) in [4.78, 5) is 56.4. The SMILES string of the molecule is CC.CC.CC.CC.CC.CC.CC.CC.CC.CC.CC.CC(C)(C)c1ccccc1.CC(C)(C)c1ccccn1.CC(C)(C)c1cccnc1.CC(C)(C)c1cccnn1.CC(C)(C)c1ccncc1.CC(C)(C)c1ccncn1.CC(C)(C)c1ccnnc1.CC(C)(C)c1cnccn1.CC(C)(C)c1cncnc1.CC(C)(C)c1ncccn1.CC(C)(C)c1ncncn1. The predicted molar refractivity (Wildman–Crippen MR) is 582 cm³/mol. The highest BCUT2D eigenvalue weighted by Gasteiger charge is 2.21. The van der Waals surface area contributed by atoms with Gasteiger partial charge in [-0.2, -0.15) is 20.4 Å². The molecule has 132 heavy (non-hydrogen) atoms. The van der Waals surface area contributed by atoms with Crippen molar-refractivity contribution in [3.63, 3.8) is 0 Å². The molecule has 0 atom stereocenters. The van der Waals surface area contributed by atoms with Gasteiger partial charge in [-0.1, -0.05) is 423 Å². The van der Waals surface area contributed by atoms with Crippen molar-refractivity contribution in [2.45, 2.75) is 440 Å². The fourth-order valence-corrected chi connectivity index (χ4v) is 8.26. The normalized spacial score (nSPS) is 10.1. The third-order valence-electron chi connectivity index (χ3n) is 15.4. The lowest BCUT2D eigenvalue weighted by Crippen LogP contribution is -2.15. The topological polar surface area (TPSA) is 232 Å². The van der Waals surface area contributed by atoms with Crippen LogP contribution in [0.4, 0.5) is 0 Å². The van der Waals surface area contributed by atoms with Crippen molar-refractivity contribution >= 4 is 0 Å². The van der Waals surface area contributed by atoms with E-state index in [0.29, 0.717) is 5.41 Å². The molecule has 0 aliphatic heterocycles. The van der Waals surface area contributed by atoms with Gasteiger partial charge in [0.25, 0.3) is 0 Å². The third kappa shape index (κ3) is 82.1. The second-order valence-corrected chi connectivity index (χ2v) is 37.4. The monoisotopic (exact) mass is 1820 g/mol. The minimum atomic E-state index is 0.0307. The van der Waals surface area contributed by atoms with Crippen LogP contribution in [0, 0.1) is 0 Å². The number of rotatable bonds is 0. The van der Waals surface area contributed by atoms with Gasteiger partial charge in [0.2, 0.25) is 0 Å². The van der Waals surface area contributed by atoms with Crippen molar-refractivity contribution in [1.29, 1.82) is 0 Å². The predicted octanol–water partition coefficient (Wildman–Crippen LogP) is 33.2. The molecule has 0 aliphatic rings. The number of benzene rings is 1. The number of hydrogen-bond acceptors (Lipinski definition) is 18. The molecule has 0 fully saturated rings. The Morgan fingerprint density at radius 3 is 0.735 bits per heavy atom. The highest BCUT2D eigenvalue weighted by atomic mass is 15.1. The summed E-state index contributed by atoms with van der Waals surface area (Å²) in [5, 5.41) is 15.3. The van der Waals surface area contributed by atoms with Crippen molar-refractivity contribution in [3.05, 3.63) is 290 Å². The van der Waals surface area contributed by atoms with E-state index in [1.165, 1.54) is 40.5 Å². The first-order chi connectivity index (χ1) is 61.7. The number of hydrogen-bond donors (Lipinski definition) is 0. The smallest absolute Gasteiger partial charge is 0.137 e. The summed E-state index contributed by atoms with van der Waals surface area (Å²) in [6.45, 7) is 115. The minimum Gasteiger partial charge on any atom is -0.265 e. The van der Waals surface area contributed by atoms with Crippen LogP contribution in [-0.2, 0) is 59.6 Å². The minimum absolute atomic E-state index is 0.0307. The van der Waals surface area contributed by atoms with Crippen molar-refractivity contribution in [1.82, 2.24) is 90.2 Å². The molecule has 10 heterocycles. The van der Waals surface area contributed by atoms with Crippen molar-refractivity contribution in [3.8, 4) is 0 Å². The Morgan fingerprint density at radius 2 is 0.485 bits per heavy atom. The van der Waals surface area contributed by atoms with Crippen LogP contribution in [0.3, 0.4) is 0 Å². The lowest BCUT2D eigenvalue weighted by molar-refractivity contribution is 0.541. The molecule has 18 heteroatoms. The summed E-state index contributed by atoms with van der Waals surface area (Å²) in [5.74, 6) is 1.73. The molecule has 748 valence electrons. The van der Waals surface area contributed by atoms with Crippen molar-refractivity contribution in [2.24, 2.45) is 0 Å². The molecule has 18 nitrogen and oxygen atoms in total. The first-order valence-corrected chi connectivity index (χ1v) is 48.7. The second kappa shape index (κ2) is 84.2. The summed E-state index contributed by atoms with van der Waals surface area (Å²) in [6, 6.07) is 34.4. The first-order valence-electron chi connectivity index (χ1n) is 48.7. The average Bonchev–Trinajstić information content (AvgIpc) is 0.969. The summed E-state index contributed by atoms with van der Waals surface area (Å²) >= 11 is 0. The Kier molecular flexibility index (Phi) is 92.5. The van der Waals surface area contributed by atoms with Crippen LogP contribution in [0.15, 0.2) is 228 Å². The van der Waals surface area contributed by atoms with Crippen molar-refractivity contribution < 1.29 is 0 Å². The zero-order valence-corrected chi connectivity index (χ0v) is 95.4. The zero-order chi connectivity index (χ0) is 106. The van der Waals surface area contributed by atoms with Gasteiger partial charge in [0.15, 0.2) is 0 Å². The molecule has 11 aromatic rings. The van der Waals surface area contributed by atoms with Gasteiger partial charge in [0, 0.05) is 137 Å². The van der Waals surface area contributed by atoms with Gasteiger partial charge in [-0.05, 0) is 116 Å². The summed E-state index contributed by atoms with van der Waals surface area (Å²) in [7, 11) is 0. The Bertz CT molecular complexity index is 3120. The molecule has 10 aromatic heterocycles. The lowest BCUT2D eigenvalue weighted by Gasteiger charge is -2.18. The maximum absolute atomic E-state index is 4.25. The van der Waals surface area contributed by atoms with Gasteiger partial charge in [-0.3, -0.25) is 24.9 Å². The fourth-order valence-electron chi connectivity index (χ4n) is 8.26. The van der Waals surface area contributed by atoms with Crippen LogP contribution >= 0.6 is 0 Å². The van der Waals surface area contributed by atoms with Gasteiger partial charge >= 0.3 is 0 Å². The van der Waals surface area contributed by atoms with Crippen LogP contribution in [0.1, 0.15) is 443 Å². The van der Waals surface area contributed by atoms with Crippen LogP contribution in [0.25, 0.3) is 0 Å². The second-order valence-electron chi connectivity index (χ2n) is 37.4. The van der Waals surface area contributed by atoms with E-state index in [0.717, 1.165) is 34.4 Å².